The Morgan fingerprint density at radius 2 is 1.95 bits per heavy atom. The number of hydrogen-bond acceptors (Lipinski definition) is 4. The highest BCUT2D eigenvalue weighted by molar-refractivity contribution is 6.19. The van der Waals surface area contributed by atoms with Crippen LogP contribution in [0.3, 0.4) is 0 Å². The van der Waals surface area contributed by atoms with Gasteiger partial charge in [0.15, 0.2) is 0 Å². The summed E-state index contributed by atoms with van der Waals surface area (Å²) in [6.45, 7) is 0. The summed E-state index contributed by atoms with van der Waals surface area (Å²) in [5.74, 6) is -2.45. The predicted molar refractivity (Wildman–Crippen MR) is 58.9 cm³/mol. The highest BCUT2D eigenvalue weighted by Crippen LogP contribution is 2.17. The summed E-state index contributed by atoms with van der Waals surface area (Å²) in [6.07, 6.45) is -3.48. The van der Waals surface area contributed by atoms with E-state index in [-0.39, 0.29) is 10.7 Å². The van der Waals surface area contributed by atoms with Crippen LogP contribution in [0.1, 0.15) is 0 Å². The second-order valence-electron chi connectivity index (χ2n) is 3.79. The molecule has 1 aromatic heterocycles. The van der Waals surface area contributed by atoms with Gasteiger partial charge >= 0.3 is 17.8 Å². The summed E-state index contributed by atoms with van der Waals surface area (Å²) in [7, 11) is 0. The maximum absolute atomic E-state index is 12.1. The Labute approximate surface area is 106 Å². The Balaban J connectivity index is 2.60. The molecule has 0 bridgehead atoms. The largest absolute Gasteiger partial charge is 0.473 e. The number of carbonyl (C=O) groups is 1. The van der Waals surface area contributed by atoms with E-state index in [4.69, 9.17) is 0 Å². The van der Waals surface area contributed by atoms with Crippen molar-refractivity contribution in [3.05, 3.63) is 31.3 Å². The zero-order valence-electron chi connectivity index (χ0n) is 9.39. The lowest BCUT2D eigenvalue weighted by atomic mass is 10.1. The van der Waals surface area contributed by atoms with Crippen LogP contribution in [0.2, 0.25) is 0 Å². The van der Waals surface area contributed by atoms with Gasteiger partial charge in [-0.2, -0.15) is 13.2 Å². The monoisotopic (exact) mass is 290 g/mol. The molecule has 2 N–H and O–H groups in total. The molecule has 0 aromatic carbocycles. The molecule has 0 radical (unpaired) electrons. The molecule has 1 atom stereocenters. The van der Waals surface area contributed by atoms with Gasteiger partial charge in [-0.15, -0.1) is 0 Å². The molecule has 0 saturated carbocycles. The van der Waals surface area contributed by atoms with Crippen molar-refractivity contribution in [2.24, 2.45) is 4.99 Å². The normalized spacial score (nSPS) is 19.9. The van der Waals surface area contributed by atoms with Gasteiger partial charge in [0, 0.05) is 11.0 Å². The third-order valence-corrected chi connectivity index (χ3v) is 2.41. The van der Waals surface area contributed by atoms with E-state index in [9.17, 15) is 32.9 Å². The lowest BCUT2D eigenvalue weighted by Gasteiger charge is -2.08. The smallest absolute Gasteiger partial charge is 0.306 e. The van der Waals surface area contributed by atoms with Crippen LogP contribution in [-0.2, 0) is 4.79 Å². The van der Waals surface area contributed by atoms with Gasteiger partial charge in [-0.25, -0.2) is 9.79 Å². The second-order valence-corrected chi connectivity index (χ2v) is 3.79. The first-order valence-corrected chi connectivity index (χ1v) is 5.03. The lowest BCUT2D eigenvalue weighted by Crippen LogP contribution is -2.40. The van der Waals surface area contributed by atoms with Gasteiger partial charge in [-0.1, -0.05) is 0 Å². The topological polar surface area (TPSA) is 121 Å². The SMILES string of the molecule is O=C(N=C1C=c2[nH]c(=O)[nH]c2=CC1[N+](=O)[O-])C(F)(F)F. The number of nitrogens with one attached hydrogen (secondary N) is 2. The van der Waals surface area contributed by atoms with Crippen LogP contribution in [-0.4, -0.2) is 38.7 Å². The molecule has 1 aliphatic carbocycles. The van der Waals surface area contributed by atoms with Crippen molar-refractivity contribution in [2.45, 2.75) is 12.2 Å². The van der Waals surface area contributed by atoms with Crippen molar-refractivity contribution < 1.29 is 22.9 Å². The Hall–Kier alpha value is -2.72. The summed E-state index contributed by atoms with van der Waals surface area (Å²) in [5, 5.41) is 10.9. The number of amides is 1. The van der Waals surface area contributed by atoms with Gasteiger partial charge in [0.25, 0.3) is 6.04 Å². The first kappa shape index (κ1) is 13.7. The first-order valence-electron chi connectivity index (χ1n) is 5.03. The minimum atomic E-state index is -5.23. The number of carbonyl (C=O) groups excluding carboxylic acids is 1. The summed E-state index contributed by atoms with van der Waals surface area (Å²) in [6, 6.07) is -1.75. The predicted octanol–water partition coefficient (Wildman–Crippen LogP) is -1.55. The average Bonchev–Trinajstić information content (AvgIpc) is 2.65. The van der Waals surface area contributed by atoms with Gasteiger partial charge < -0.3 is 9.97 Å². The number of aliphatic imine (C=N–C) groups is 1. The number of aromatic nitrogens is 2. The minimum Gasteiger partial charge on any atom is -0.306 e. The third-order valence-electron chi connectivity index (χ3n) is 2.41. The summed E-state index contributed by atoms with van der Waals surface area (Å²) >= 11 is 0. The van der Waals surface area contributed by atoms with E-state index in [1.54, 1.807) is 0 Å². The fourth-order valence-electron chi connectivity index (χ4n) is 1.58. The molecular weight excluding hydrogens is 285 g/mol. The molecular formula is C9H5F3N4O4. The average molecular weight is 290 g/mol. The van der Waals surface area contributed by atoms with Crippen molar-refractivity contribution in [1.82, 2.24) is 9.97 Å². The highest BCUT2D eigenvalue weighted by atomic mass is 19.4. The van der Waals surface area contributed by atoms with Gasteiger partial charge in [-0.3, -0.25) is 14.9 Å². The molecule has 2 rings (SSSR count). The maximum atomic E-state index is 12.1. The van der Waals surface area contributed by atoms with Gasteiger partial charge in [-0.05, 0) is 6.08 Å². The van der Waals surface area contributed by atoms with Crippen molar-refractivity contribution >= 4 is 23.8 Å². The molecule has 1 heterocycles. The molecule has 1 aromatic rings. The van der Waals surface area contributed by atoms with E-state index >= 15 is 0 Å². The molecule has 106 valence electrons. The molecule has 8 nitrogen and oxygen atoms in total. The quantitative estimate of drug-likeness (QED) is 0.480. The fraction of sp³-hybridized carbons (Fsp3) is 0.222. The van der Waals surface area contributed by atoms with Gasteiger partial charge in [0.05, 0.1) is 10.7 Å². The van der Waals surface area contributed by atoms with E-state index in [2.05, 4.69) is 15.0 Å². The maximum Gasteiger partial charge on any atom is 0.473 e. The third kappa shape index (κ3) is 2.50. The highest BCUT2D eigenvalue weighted by Gasteiger charge is 2.40. The number of alkyl halides is 3. The second kappa shape index (κ2) is 4.43. The number of H-pyrrole nitrogens is 2. The molecule has 0 spiro atoms. The van der Waals surface area contributed by atoms with Crippen LogP contribution in [0.15, 0.2) is 9.79 Å². The number of hydrogen-bond donors (Lipinski definition) is 2. The van der Waals surface area contributed by atoms with Crippen molar-refractivity contribution in [3.63, 3.8) is 0 Å². The zero-order valence-corrected chi connectivity index (χ0v) is 9.39. The number of imidazole rings is 1. The van der Waals surface area contributed by atoms with Gasteiger partial charge in [0.1, 0.15) is 5.71 Å². The molecule has 0 saturated heterocycles. The van der Waals surface area contributed by atoms with Crippen LogP contribution in [0.5, 0.6) is 0 Å². The Kier molecular flexibility index (Phi) is 3.04. The Bertz CT molecular complexity index is 785. The number of halogens is 3. The minimum absolute atomic E-state index is 0.0156. The number of aromatic amines is 2. The van der Waals surface area contributed by atoms with Crippen LogP contribution in [0.25, 0.3) is 12.2 Å². The molecule has 11 heteroatoms. The zero-order chi connectivity index (χ0) is 15.1. The summed E-state index contributed by atoms with van der Waals surface area (Å²) in [5.41, 5.74) is -1.40. The van der Waals surface area contributed by atoms with Crippen LogP contribution in [0.4, 0.5) is 13.2 Å². The molecule has 0 fully saturated rings. The first-order chi connectivity index (χ1) is 9.18. The number of rotatable bonds is 1. The van der Waals surface area contributed by atoms with E-state index in [0.717, 1.165) is 12.2 Å². The fourth-order valence-corrected chi connectivity index (χ4v) is 1.58. The van der Waals surface area contributed by atoms with Crippen molar-refractivity contribution in [3.8, 4) is 0 Å². The summed E-state index contributed by atoms with van der Waals surface area (Å²) in [4.78, 5) is 38.8. The van der Waals surface area contributed by atoms with Gasteiger partial charge in [0.2, 0.25) is 0 Å². The number of nitrogens with zero attached hydrogens (tertiary/aromatic N) is 2. The van der Waals surface area contributed by atoms with Crippen LogP contribution >= 0.6 is 0 Å². The molecule has 1 unspecified atom stereocenters. The molecule has 0 aliphatic heterocycles. The Morgan fingerprint density at radius 3 is 2.50 bits per heavy atom. The van der Waals surface area contributed by atoms with Crippen molar-refractivity contribution in [1.29, 1.82) is 0 Å². The lowest BCUT2D eigenvalue weighted by molar-refractivity contribution is -0.485. The molecule has 20 heavy (non-hydrogen) atoms. The van der Waals surface area contributed by atoms with E-state index in [1.165, 1.54) is 0 Å². The van der Waals surface area contributed by atoms with E-state index in [0.29, 0.717) is 0 Å². The summed E-state index contributed by atoms with van der Waals surface area (Å²) < 4.78 is 36.4. The van der Waals surface area contributed by atoms with Crippen molar-refractivity contribution in [2.75, 3.05) is 0 Å². The standard InChI is InChI=1S/C9H5F3N4O4/c10-9(11,12)7(17)13-5-1-3-4(15-8(18)14-3)2-6(5)16(19)20/h1-2,6H,(H2,14,15,18). The number of fused-ring (bicyclic) bond motifs is 1. The van der Waals surface area contributed by atoms with E-state index < -0.39 is 34.5 Å². The molecule has 1 aliphatic rings. The van der Waals surface area contributed by atoms with E-state index in [1.807, 2.05) is 0 Å². The Morgan fingerprint density at radius 1 is 1.35 bits per heavy atom. The molecule has 1 amide bonds. The van der Waals surface area contributed by atoms with Crippen LogP contribution < -0.4 is 16.4 Å². The number of nitro groups is 1. The van der Waals surface area contributed by atoms with Crippen LogP contribution in [0, 0.1) is 10.1 Å².